The summed E-state index contributed by atoms with van der Waals surface area (Å²) in [5.74, 6) is -0.983. The number of carbonyl (C=O) groups excluding carboxylic acids is 2. The second-order valence-corrected chi connectivity index (χ2v) is 12.5. The van der Waals surface area contributed by atoms with Crippen LogP contribution in [-0.2, 0) is 26.2 Å². The van der Waals surface area contributed by atoms with Crippen LogP contribution in [0, 0.1) is 0 Å². The lowest BCUT2D eigenvalue weighted by atomic mass is 10.1. The maximum absolute atomic E-state index is 13.9. The fraction of sp³-hybridized carbons (Fsp3) is 0.286. The van der Waals surface area contributed by atoms with Gasteiger partial charge >= 0.3 is 0 Å². The van der Waals surface area contributed by atoms with Crippen molar-refractivity contribution in [2.24, 2.45) is 0 Å². The first-order chi connectivity index (χ1) is 18.9. The van der Waals surface area contributed by atoms with Crippen LogP contribution in [0.5, 0.6) is 0 Å². The molecule has 3 rings (SSSR count). The minimum atomic E-state index is -4.22. The summed E-state index contributed by atoms with van der Waals surface area (Å²) >= 11 is 24.6. The maximum Gasteiger partial charge on any atom is 0.264 e. The Kier molecular flexibility index (Phi) is 11.5. The first kappa shape index (κ1) is 32.0. The molecule has 40 heavy (non-hydrogen) atoms. The highest BCUT2D eigenvalue weighted by atomic mass is 35.5. The average Bonchev–Trinajstić information content (AvgIpc) is 2.93. The van der Waals surface area contributed by atoms with E-state index in [0.29, 0.717) is 17.1 Å². The van der Waals surface area contributed by atoms with Gasteiger partial charge in [-0.3, -0.25) is 13.9 Å². The summed E-state index contributed by atoms with van der Waals surface area (Å²) in [6.07, 6.45) is 1.66. The van der Waals surface area contributed by atoms with Crippen molar-refractivity contribution < 1.29 is 18.0 Å². The second kappa shape index (κ2) is 14.4. The number of carbonyl (C=O) groups is 2. The van der Waals surface area contributed by atoms with E-state index in [2.05, 4.69) is 5.32 Å². The van der Waals surface area contributed by atoms with Crippen LogP contribution in [0.15, 0.2) is 71.6 Å². The van der Waals surface area contributed by atoms with Gasteiger partial charge in [0.25, 0.3) is 10.0 Å². The Morgan fingerprint density at radius 1 is 0.875 bits per heavy atom. The largest absolute Gasteiger partial charge is 0.354 e. The zero-order chi connectivity index (χ0) is 29.4. The van der Waals surface area contributed by atoms with Crippen LogP contribution in [-0.4, -0.2) is 44.3 Å². The molecule has 0 heterocycles. The van der Waals surface area contributed by atoms with Gasteiger partial charge in [-0.2, -0.15) is 0 Å². The molecule has 0 bridgehead atoms. The molecule has 0 saturated heterocycles. The van der Waals surface area contributed by atoms with Crippen molar-refractivity contribution in [3.63, 3.8) is 0 Å². The van der Waals surface area contributed by atoms with Gasteiger partial charge in [0, 0.05) is 13.1 Å². The number of rotatable bonds is 12. The lowest BCUT2D eigenvalue weighted by Gasteiger charge is -2.32. The lowest BCUT2D eigenvalue weighted by molar-refractivity contribution is -0.139. The molecular formula is C28H29Cl4N3O4S. The SMILES string of the molecule is CCCCNC(=O)[C@@H](C)N(Cc1ccc(Cl)c(Cl)c1)C(=O)CN(c1ccc(Cl)c(Cl)c1)S(=O)(=O)c1ccccc1. The van der Waals surface area contributed by atoms with E-state index in [4.69, 9.17) is 46.4 Å². The van der Waals surface area contributed by atoms with E-state index in [1.165, 1.54) is 35.2 Å². The van der Waals surface area contributed by atoms with E-state index in [1.54, 1.807) is 43.3 Å². The Morgan fingerprint density at radius 2 is 1.50 bits per heavy atom. The van der Waals surface area contributed by atoms with Gasteiger partial charge in [0.05, 0.1) is 30.7 Å². The molecule has 0 aliphatic carbocycles. The molecular weight excluding hydrogens is 616 g/mol. The molecule has 214 valence electrons. The monoisotopic (exact) mass is 643 g/mol. The molecule has 0 saturated carbocycles. The molecule has 0 fully saturated rings. The number of benzene rings is 3. The van der Waals surface area contributed by atoms with E-state index in [9.17, 15) is 18.0 Å². The van der Waals surface area contributed by atoms with E-state index >= 15 is 0 Å². The number of nitrogens with zero attached hydrogens (tertiary/aromatic N) is 2. The fourth-order valence-corrected chi connectivity index (χ4v) is 5.88. The number of unbranched alkanes of at least 4 members (excludes halogenated alkanes) is 1. The van der Waals surface area contributed by atoms with Crippen LogP contribution >= 0.6 is 46.4 Å². The van der Waals surface area contributed by atoms with Crippen LogP contribution in [0.25, 0.3) is 0 Å². The summed E-state index contributed by atoms with van der Waals surface area (Å²) in [7, 11) is -4.22. The van der Waals surface area contributed by atoms with Crippen LogP contribution in [0.3, 0.4) is 0 Å². The number of nitrogens with one attached hydrogen (secondary N) is 1. The van der Waals surface area contributed by atoms with Gasteiger partial charge in [0.2, 0.25) is 11.8 Å². The Labute approximate surface area is 255 Å². The number of hydrogen-bond donors (Lipinski definition) is 1. The molecule has 0 aliphatic heterocycles. The third-order valence-electron chi connectivity index (χ3n) is 6.14. The zero-order valence-electron chi connectivity index (χ0n) is 21.9. The standard InChI is InChI=1S/C28H29Cl4N3O4S/c1-3-4-14-33-28(37)19(2)34(17-20-10-12-23(29)25(31)15-20)27(36)18-35(21-11-13-24(30)26(32)16-21)40(38,39)22-8-6-5-7-9-22/h5-13,15-16,19H,3-4,14,17-18H2,1-2H3,(H,33,37)/t19-/m1/s1. The van der Waals surface area contributed by atoms with Gasteiger partial charge in [-0.05, 0) is 61.4 Å². The van der Waals surface area contributed by atoms with E-state index < -0.39 is 28.5 Å². The van der Waals surface area contributed by atoms with E-state index in [1.807, 2.05) is 6.92 Å². The summed E-state index contributed by atoms with van der Waals surface area (Å²) in [6.45, 7) is 3.42. The predicted octanol–water partition coefficient (Wildman–Crippen LogP) is 6.83. The zero-order valence-corrected chi connectivity index (χ0v) is 25.8. The smallest absolute Gasteiger partial charge is 0.264 e. The lowest BCUT2D eigenvalue weighted by Crippen LogP contribution is -2.51. The Balaban J connectivity index is 2.02. The summed E-state index contributed by atoms with van der Waals surface area (Å²) < 4.78 is 28.5. The average molecular weight is 645 g/mol. The molecule has 3 aromatic carbocycles. The molecule has 2 amide bonds. The van der Waals surface area contributed by atoms with Gasteiger partial charge in [-0.15, -0.1) is 0 Å². The first-order valence-electron chi connectivity index (χ1n) is 12.5. The molecule has 0 radical (unpaired) electrons. The minimum Gasteiger partial charge on any atom is -0.354 e. The van der Waals surface area contributed by atoms with Crippen LogP contribution in [0.4, 0.5) is 5.69 Å². The third-order valence-corrected chi connectivity index (χ3v) is 9.40. The Morgan fingerprint density at radius 3 is 2.10 bits per heavy atom. The molecule has 1 N–H and O–H groups in total. The minimum absolute atomic E-state index is 0.0152. The molecule has 0 aliphatic rings. The van der Waals surface area contributed by atoms with Crippen molar-refractivity contribution in [3.05, 3.63) is 92.4 Å². The highest BCUT2D eigenvalue weighted by Crippen LogP contribution is 2.31. The number of amides is 2. The van der Waals surface area contributed by atoms with Crippen molar-refractivity contribution in [3.8, 4) is 0 Å². The first-order valence-corrected chi connectivity index (χ1v) is 15.4. The van der Waals surface area contributed by atoms with Gasteiger partial charge in [-0.25, -0.2) is 8.42 Å². The molecule has 3 aromatic rings. The topological polar surface area (TPSA) is 86.8 Å². The van der Waals surface area contributed by atoms with Crippen LogP contribution in [0.2, 0.25) is 20.1 Å². The summed E-state index contributed by atoms with van der Waals surface area (Å²) in [4.78, 5) is 28.2. The summed E-state index contributed by atoms with van der Waals surface area (Å²) in [5, 5.41) is 3.82. The van der Waals surface area contributed by atoms with Crippen LogP contribution in [0.1, 0.15) is 32.3 Å². The molecule has 0 unspecified atom stereocenters. The summed E-state index contributed by atoms with van der Waals surface area (Å²) in [5.41, 5.74) is 0.754. The molecule has 12 heteroatoms. The second-order valence-electron chi connectivity index (χ2n) is 9.01. The highest BCUT2D eigenvalue weighted by molar-refractivity contribution is 7.92. The van der Waals surface area contributed by atoms with Crippen molar-refractivity contribution in [2.45, 2.75) is 44.2 Å². The van der Waals surface area contributed by atoms with Gasteiger partial charge in [0.1, 0.15) is 12.6 Å². The normalized spacial score (nSPS) is 12.1. The number of hydrogen-bond acceptors (Lipinski definition) is 4. The van der Waals surface area contributed by atoms with Gasteiger partial charge in [0.15, 0.2) is 0 Å². The van der Waals surface area contributed by atoms with Crippen molar-refractivity contribution in [1.82, 2.24) is 10.2 Å². The Hall–Kier alpha value is -2.49. The number of sulfonamides is 1. The van der Waals surface area contributed by atoms with E-state index in [-0.39, 0.29) is 38.1 Å². The molecule has 1 atom stereocenters. The predicted molar refractivity (Wildman–Crippen MR) is 162 cm³/mol. The molecule has 7 nitrogen and oxygen atoms in total. The number of halogens is 4. The van der Waals surface area contributed by atoms with Crippen LogP contribution < -0.4 is 9.62 Å². The van der Waals surface area contributed by atoms with Crippen molar-refractivity contribution >= 4 is 73.9 Å². The number of anilines is 1. The molecule has 0 aromatic heterocycles. The highest BCUT2D eigenvalue weighted by Gasteiger charge is 2.32. The summed E-state index contributed by atoms with van der Waals surface area (Å²) in [6, 6.07) is 16.0. The third kappa shape index (κ3) is 8.04. The van der Waals surface area contributed by atoms with Crippen molar-refractivity contribution in [2.75, 3.05) is 17.4 Å². The van der Waals surface area contributed by atoms with Gasteiger partial charge in [-0.1, -0.05) is 84.0 Å². The van der Waals surface area contributed by atoms with Crippen molar-refractivity contribution in [1.29, 1.82) is 0 Å². The van der Waals surface area contributed by atoms with E-state index in [0.717, 1.165) is 17.1 Å². The Bertz CT molecular complexity index is 1460. The maximum atomic E-state index is 13.9. The van der Waals surface area contributed by atoms with Gasteiger partial charge < -0.3 is 10.2 Å². The quantitative estimate of drug-likeness (QED) is 0.219. The fourth-order valence-electron chi connectivity index (χ4n) is 3.84. The molecule has 0 spiro atoms.